The van der Waals surface area contributed by atoms with E-state index in [1.807, 2.05) is 0 Å². The number of hydrogen-bond donors (Lipinski definition) is 1. The third-order valence-corrected chi connectivity index (χ3v) is 3.28. The highest BCUT2D eigenvalue weighted by molar-refractivity contribution is 4.98. The van der Waals surface area contributed by atoms with Crippen LogP contribution < -0.4 is 5.73 Å². The fourth-order valence-electron chi connectivity index (χ4n) is 2.32. The lowest BCUT2D eigenvalue weighted by Gasteiger charge is -2.11. The molecule has 0 radical (unpaired) electrons. The van der Waals surface area contributed by atoms with E-state index in [2.05, 4.69) is 16.8 Å². The molecule has 1 aliphatic heterocycles. The molecule has 1 atom stereocenters. The van der Waals surface area contributed by atoms with Gasteiger partial charge >= 0.3 is 0 Å². The molecule has 0 bridgehead atoms. The Morgan fingerprint density at radius 1 is 1.62 bits per heavy atom. The molecular formula is C12H21N3O. The van der Waals surface area contributed by atoms with Gasteiger partial charge in [0.2, 0.25) is 0 Å². The van der Waals surface area contributed by atoms with Crippen molar-refractivity contribution in [3.05, 3.63) is 17.8 Å². The van der Waals surface area contributed by atoms with Gasteiger partial charge in [-0.05, 0) is 32.0 Å². The molecule has 90 valence electrons. The zero-order chi connectivity index (χ0) is 11.4. The van der Waals surface area contributed by atoms with Gasteiger partial charge in [-0.25, -0.2) is 4.98 Å². The molecule has 0 aromatic carbocycles. The van der Waals surface area contributed by atoms with Crippen LogP contribution in [-0.2, 0) is 12.8 Å². The summed E-state index contributed by atoms with van der Waals surface area (Å²) in [6, 6.07) is 0. The van der Waals surface area contributed by atoms with Gasteiger partial charge in [0, 0.05) is 19.4 Å². The van der Waals surface area contributed by atoms with Crippen LogP contribution in [0.5, 0.6) is 0 Å². The van der Waals surface area contributed by atoms with E-state index in [1.54, 1.807) is 6.26 Å². The molecule has 0 saturated carbocycles. The summed E-state index contributed by atoms with van der Waals surface area (Å²) in [4.78, 5) is 6.93. The lowest BCUT2D eigenvalue weighted by molar-refractivity contribution is 0.335. The summed E-state index contributed by atoms with van der Waals surface area (Å²) in [6.07, 6.45) is 4.80. The van der Waals surface area contributed by atoms with Crippen LogP contribution in [-0.4, -0.2) is 36.1 Å². The Morgan fingerprint density at radius 2 is 2.50 bits per heavy atom. The van der Waals surface area contributed by atoms with E-state index in [-0.39, 0.29) is 0 Å². The van der Waals surface area contributed by atoms with Crippen molar-refractivity contribution in [2.45, 2.75) is 26.2 Å². The number of nitrogens with two attached hydrogens (primary N) is 1. The average molecular weight is 223 g/mol. The van der Waals surface area contributed by atoms with Crippen molar-refractivity contribution in [2.75, 3.05) is 26.2 Å². The summed E-state index contributed by atoms with van der Waals surface area (Å²) in [5.41, 5.74) is 6.47. The summed E-state index contributed by atoms with van der Waals surface area (Å²) in [7, 11) is 0. The summed E-state index contributed by atoms with van der Waals surface area (Å²) in [6.45, 7) is 6.41. The standard InChI is InChI=1S/C12H21N3O/c1-2-15-6-4-10(8-15)7-12-14-11(3-5-13)9-16-12/h9-10H,2-8,13H2,1H3. The molecule has 4 nitrogen and oxygen atoms in total. The van der Waals surface area contributed by atoms with Gasteiger partial charge in [0.15, 0.2) is 5.89 Å². The van der Waals surface area contributed by atoms with E-state index in [1.165, 1.54) is 19.5 Å². The van der Waals surface area contributed by atoms with Gasteiger partial charge in [-0.15, -0.1) is 0 Å². The zero-order valence-corrected chi connectivity index (χ0v) is 9.98. The van der Waals surface area contributed by atoms with Gasteiger partial charge in [0.1, 0.15) is 6.26 Å². The van der Waals surface area contributed by atoms with Crippen LogP contribution in [0.4, 0.5) is 0 Å². The Labute approximate surface area is 96.8 Å². The lowest BCUT2D eigenvalue weighted by Crippen LogP contribution is -2.20. The van der Waals surface area contributed by atoms with E-state index >= 15 is 0 Å². The summed E-state index contributed by atoms with van der Waals surface area (Å²) in [5, 5.41) is 0. The highest BCUT2D eigenvalue weighted by atomic mass is 16.3. The number of rotatable bonds is 5. The maximum absolute atomic E-state index is 5.48. The minimum absolute atomic E-state index is 0.638. The minimum atomic E-state index is 0.638. The van der Waals surface area contributed by atoms with Gasteiger partial charge in [-0.2, -0.15) is 0 Å². The highest BCUT2D eigenvalue weighted by Gasteiger charge is 2.22. The van der Waals surface area contributed by atoms with Crippen molar-refractivity contribution in [3.8, 4) is 0 Å². The highest BCUT2D eigenvalue weighted by Crippen LogP contribution is 2.20. The SMILES string of the molecule is CCN1CCC(Cc2nc(CCN)co2)C1. The second kappa shape index (κ2) is 5.46. The van der Waals surface area contributed by atoms with E-state index in [9.17, 15) is 0 Å². The number of hydrogen-bond acceptors (Lipinski definition) is 4. The smallest absolute Gasteiger partial charge is 0.194 e. The molecule has 2 heterocycles. The Bertz CT molecular complexity index is 324. The molecule has 16 heavy (non-hydrogen) atoms. The predicted octanol–water partition coefficient (Wildman–Crippen LogP) is 1.06. The molecule has 1 aromatic heterocycles. The van der Waals surface area contributed by atoms with Gasteiger partial charge in [0.05, 0.1) is 5.69 Å². The van der Waals surface area contributed by atoms with Crippen molar-refractivity contribution in [3.63, 3.8) is 0 Å². The monoisotopic (exact) mass is 223 g/mol. The van der Waals surface area contributed by atoms with Crippen LogP contribution in [0.1, 0.15) is 24.9 Å². The summed E-state index contributed by atoms with van der Waals surface area (Å²) in [5.74, 6) is 1.59. The predicted molar refractivity (Wildman–Crippen MR) is 63.2 cm³/mol. The first-order chi connectivity index (χ1) is 7.81. The maximum Gasteiger partial charge on any atom is 0.194 e. The summed E-state index contributed by atoms with van der Waals surface area (Å²) >= 11 is 0. The molecule has 1 unspecified atom stereocenters. The molecule has 2 N–H and O–H groups in total. The lowest BCUT2D eigenvalue weighted by atomic mass is 10.1. The van der Waals surface area contributed by atoms with E-state index < -0.39 is 0 Å². The van der Waals surface area contributed by atoms with Gasteiger partial charge in [-0.3, -0.25) is 0 Å². The molecule has 2 rings (SSSR count). The average Bonchev–Trinajstić information content (AvgIpc) is 2.89. The fourth-order valence-corrected chi connectivity index (χ4v) is 2.32. The molecule has 1 saturated heterocycles. The molecule has 1 aliphatic rings. The third-order valence-electron chi connectivity index (χ3n) is 3.28. The first-order valence-corrected chi connectivity index (χ1v) is 6.17. The van der Waals surface area contributed by atoms with Crippen molar-refractivity contribution >= 4 is 0 Å². The first kappa shape index (κ1) is 11.6. The zero-order valence-electron chi connectivity index (χ0n) is 9.98. The van der Waals surface area contributed by atoms with Crippen molar-refractivity contribution < 1.29 is 4.42 Å². The first-order valence-electron chi connectivity index (χ1n) is 6.17. The van der Waals surface area contributed by atoms with Crippen LogP contribution in [0.15, 0.2) is 10.7 Å². The molecule has 4 heteroatoms. The molecule has 0 amide bonds. The Morgan fingerprint density at radius 3 is 3.19 bits per heavy atom. The largest absolute Gasteiger partial charge is 0.449 e. The topological polar surface area (TPSA) is 55.3 Å². The Balaban J connectivity index is 1.84. The van der Waals surface area contributed by atoms with Gasteiger partial charge in [-0.1, -0.05) is 6.92 Å². The number of aromatic nitrogens is 1. The summed E-state index contributed by atoms with van der Waals surface area (Å²) < 4.78 is 5.46. The maximum atomic E-state index is 5.48. The number of oxazole rings is 1. The molecule has 0 aliphatic carbocycles. The van der Waals surface area contributed by atoms with Crippen LogP contribution in [0.3, 0.4) is 0 Å². The molecular weight excluding hydrogens is 202 g/mol. The van der Waals surface area contributed by atoms with Gasteiger partial charge in [0.25, 0.3) is 0 Å². The number of nitrogens with zero attached hydrogens (tertiary/aromatic N) is 2. The second-order valence-electron chi connectivity index (χ2n) is 4.52. The normalized spacial score (nSPS) is 21.8. The van der Waals surface area contributed by atoms with Crippen LogP contribution in [0.25, 0.3) is 0 Å². The van der Waals surface area contributed by atoms with Gasteiger partial charge < -0.3 is 15.1 Å². The van der Waals surface area contributed by atoms with Crippen LogP contribution >= 0.6 is 0 Å². The molecule has 0 spiro atoms. The third kappa shape index (κ3) is 2.83. The minimum Gasteiger partial charge on any atom is -0.449 e. The van der Waals surface area contributed by atoms with E-state index in [0.29, 0.717) is 12.5 Å². The fraction of sp³-hybridized carbons (Fsp3) is 0.750. The quantitative estimate of drug-likeness (QED) is 0.811. The van der Waals surface area contributed by atoms with E-state index in [0.717, 1.165) is 31.0 Å². The molecule has 1 fully saturated rings. The number of likely N-dealkylation sites (tertiary alicyclic amines) is 1. The van der Waals surface area contributed by atoms with Crippen LogP contribution in [0, 0.1) is 5.92 Å². The Kier molecular flexibility index (Phi) is 3.96. The van der Waals surface area contributed by atoms with Crippen molar-refractivity contribution in [1.82, 2.24) is 9.88 Å². The van der Waals surface area contributed by atoms with Crippen LogP contribution in [0.2, 0.25) is 0 Å². The van der Waals surface area contributed by atoms with E-state index in [4.69, 9.17) is 10.2 Å². The molecule has 1 aromatic rings. The van der Waals surface area contributed by atoms with Crippen molar-refractivity contribution in [2.24, 2.45) is 11.7 Å². The second-order valence-corrected chi connectivity index (χ2v) is 4.52. The van der Waals surface area contributed by atoms with Crippen molar-refractivity contribution in [1.29, 1.82) is 0 Å². The Hall–Kier alpha value is -0.870.